The molecule has 1 heterocycles. The molecule has 3 N–H and O–H groups in total. The molecule has 2 unspecified atom stereocenters. The Bertz CT molecular complexity index is 467. The van der Waals surface area contributed by atoms with Gasteiger partial charge >= 0.3 is 5.97 Å². The predicted molar refractivity (Wildman–Crippen MR) is 106 cm³/mol. The summed E-state index contributed by atoms with van der Waals surface area (Å²) in [6, 6.07) is 0. The Kier molecular flexibility index (Phi) is 12.0. The van der Waals surface area contributed by atoms with Crippen LogP contribution in [0.15, 0.2) is 0 Å². The van der Waals surface area contributed by atoms with Crippen molar-refractivity contribution in [2.45, 2.75) is 90.4 Å². The van der Waals surface area contributed by atoms with Crippen molar-refractivity contribution < 1.29 is 19.5 Å². The highest BCUT2D eigenvalue weighted by atomic mass is 16.4. The third-order valence-corrected chi connectivity index (χ3v) is 5.58. The molecule has 0 aliphatic carbocycles. The Balaban J connectivity index is 2.49. The van der Waals surface area contributed by atoms with Gasteiger partial charge in [0.05, 0.1) is 5.92 Å². The van der Waals surface area contributed by atoms with Gasteiger partial charge in [0.1, 0.15) is 0 Å². The molecule has 1 rings (SSSR count). The standard InChI is InChI=1S/C21H38N2O4/c1-2-3-11-17(12-7-4-5-9-14-22)18-16-19(24)23(21(18)27)15-10-6-8-13-20(25)26/h17-18H,2-16,22H2,1H3,(H,25,26). The van der Waals surface area contributed by atoms with Crippen LogP contribution in [0.4, 0.5) is 0 Å². The van der Waals surface area contributed by atoms with Crippen LogP contribution in [0.3, 0.4) is 0 Å². The third-order valence-electron chi connectivity index (χ3n) is 5.58. The molecule has 6 heteroatoms. The summed E-state index contributed by atoms with van der Waals surface area (Å²) in [4.78, 5) is 37.2. The molecule has 1 aliphatic heterocycles. The van der Waals surface area contributed by atoms with Crippen molar-refractivity contribution in [3.8, 4) is 0 Å². The van der Waals surface area contributed by atoms with Gasteiger partial charge in [0.15, 0.2) is 0 Å². The lowest BCUT2D eigenvalue weighted by Crippen LogP contribution is -2.33. The molecule has 0 spiro atoms. The fourth-order valence-electron chi connectivity index (χ4n) is 3.95. The predicted octanol–water partition coefficient (Wildman–Crippen LogP) is 3.72. The van der Waals surface area contributed by atoms with E-state index < -0.39 is 5.97 Å². The summed E-state index contributed by atoms with van der Waals surface area (Å²) in [5.41, 5.74) is 5.54. The molecule has 1 fully saturated rings. The van der Waals surface area contributed by atoms with E-state index in [4.69, 9.17) is 10.8 Å². The first-order chi connectivity index (χ1) is 13.0. The number of likely N-dealkylation sites (tertiary alicyclic amines) is 1. The number of unbranched alkanes of at least 4 members (excludes halogenated alkanes) is 6. The van der Waals surface area contributed by atoms with Gasteiger partial charge < -0.3 is 10.8 Å². The van der Waals surface area contributed by atoms with Crippen molar-refractivity contribution >= 4 is 17.8 Å². The van der Waals surface area contributed by atoms with Crippen LogP contribution in [-0.2, 0) is 14.4 Å². The van der Waals surface area contributed by atoms with E-state index in [1.54, 1.807) is 0 Å². The number of carboxylic acids is 1. The molecule has 1 aliphatic rings. The molecule has 0 saturated carbocycles. The minimum atomic E-state index is -0.798. The van der Waals surface area contributed by atoms with E-state index >= 15 is 0 Å². The Morgan fingerprint density at radius 1 is 1.07 bits per heavy atom. The normalized spacial score (nSPS) is 18.3. The van der Waals surface area contributed by atoms with Gasteiger partial charge in [-0.1, -0.05) is 45.4 Å². The molecule has 0 aromatic rings. The fraction of sp³-hybridized carbons (Fsp3) is 0.857. The summed E-state index contributed by atoms with van der Waals surface area (Å²) in [5, 5.41) is 8.67. The van der Waals surface area contributed by atoms with Crippen molar-refractivity contribution in [3.05, 3.63) is 0 Å². The summed E-state index contributed by atoms with van der Waals surface area (Å²) >= 11 is 0. The molecule has 1 saturated heterocycles. The number of hydrogen-bond acceptors (Lipinski definition) is 4. The van der Waals surface area contributed by atoms with Gasteiger partial charge in [-0.2, -0.15) is 0 Å². The van der Waals surface area contributed by atoms with E-state index in [0.717, 1.165) is 64.3 Å². The third kappa shape index (κ3) is 8.87. The van der Waals surface area contributed by atoms with Crippen LogP contribution in [-0.4, -0.2) is 40.9 Å². The maximum absolute atomic E-state index is 12.8. The van der Waals surface area contributed by atoms with Crippen LogP contribution in [0.2, 0.25) is 0 Å². The topological polar surface area (TPSA) is 101 Å². The Labute approximate surface area is 163 Å². The highest BCUT2D eigenvalue weighted by Gasteiger charge is 2.41. The molecule has 2 atom stereocenters. The highest BCUT2D eigenvalue weighted by molar-refractivity contribution is 6.03. The highest BCUT2D eigenvalue weighted by Crippen LogP contribution is 2.33. The first kappa shape index (κ1) is 23.6. The lowest BCUT2D eigenvalue weighted by Gasteiger charge is -2.22. The number of imide groups is 1. The van der Waals surface area contributed by atoms with Crippen LogP contribution in [0.5, 0.6) is 0 Å². The maximum Gasteiger partial charge on any atom is 0.303 e. The molecule has 0 bridgehead atoms. The summed E-state index contributed by atoms with van der Waals surface area (Å²) in [5.74, 6) is -0.698. The number of hydrogen-bond donors (Lipinski definition) is 2. The zero-order valence-corrected chi connectivity index (χ0v) is 17.0. The lowest BCUT2D eigenvalue weighted by atomic mass is 9.83. The van der Waals surface area contributed by atoms with Crippen LogP contribution >= 0.6 is 0 Å². The molecule has 156 valence electrons. The second-order valence-corrected chi connectivity index (χ2v) is 7.79. The molecular formula is C21H38N2O4. The molecule has 0 aromatic heterocycles. The van der Waals surface area contributed by atoms with Gasteiger partial charge in [0, 0.05) is 19.4 Å². The Morgan fingerprint density at radius 2 is 1.74 bits per heavy atom. The van der Waals surface area contributed by atoms with Gasteiger partial charge in [-0.25, -0.2) is 0 Å². The Hall–Kier alpha value is -1.43. The average molecular weight is 383 g/mol. The van der Waals surface area contributed by atoms with Crippen LogP contribution in [0.25, 0.3) is 0 Å². The summed E-state index contributed by atoms with van der Waals surface area (Å²) < 4.78 is 0. The number of nitrogens with zero attached hydrogens (tertiary/aromatic N) is 1. The van der Waals surface area contributed by atoms with Crippen LogP contribution in [0, 0.1) is 11.8 Å². The first-order valence-corrected chi connectivity index (χ1v) is 10.8. The first-order valence-electron chi connectivity index (χ1n) is 10.8. The number of rotatable bonds is 16. The number of aliphatic carboxylic acids is 1. The maximum atomic E-state index is 12.8. The number of carbonyl (C=O) groups is 3. The second-order valence-electron chi connectivity index (χ2n) is 7.79. The van der Waals surface area contributed by atoms with Gasteiger partial charge in [-0.15, -0.1) is 0 Å². The van der Waals surface area contributed by atoms with Crippen molar-refractivity contribution in [2.24, 2.45) is 17.6 Å². The average Bonchev–Trinajstić information content (AvgIpc) is 2.91. The van der Waals surface area contributed by atoms with Gasteiger partial charge in [-0.05, 0) is 44.6 Å². The monoisotopic (exact) mass is 382 g/mol. The van der Waals surface area contributed by atoms with E-state index in [1.807, 2.05) is 0 Å². The number of amides is 2. The molecular weight excluding hydrogens is 344 g/mol. The van der Waals surface area contributed by atoms with Crippen molar-refractivity contribution in [1.29, 1.82) is 0 Å². The quantitative estimate of drug-likeness (QED) is 0.313. The number of carbonyl (C=O) groups excluding carboxylic acids is 2. The largest absolute Gasteiger partial charge is 0.481 e. The lowest BCUT2D eigenvalue weighted by molar-refractivity contribution is -0.140. The van der Waals surface area contributed by atoms with E-state index in [0.29, 0.717) is 31.7 Å². The summed E-state index contributed by atoms with van der Waals surface area (Å²) in [7, 11) is 0. The molecule has 0 radical (unpaired) electrons. The van der Waals surface area contributed by atoms with E-state index in [1.165, 1.54) is 4.90 Å². The van der Waals surface area contributed by atoms with E-state index in [2.05, 4.69) is 6.92 Å². The van der Waals surface area contributed by atoms with E-state index in [-0.39, 0.29) is 24.2 Å². The molecule has 6 nitrogen and oxygen atoms in total. The SMILES string of the molecule is CCCCC(CCCCCCN)C1CC(=O)N(CCCCCC(=O)O)C1=O. The number of carboxylic acid groups (broad SMARTS) is 1. The van der Waals surface area contributed by atoms with Crippen LogP contribution in [0.1, 0.15) is 90.4 Å². The molecule has 0 aromatic carbocycles. The summed E-state index contributed by atoms with van der Waals surface area (Å²) in [6.07, 6.45) is 11.2. The zero-order valence-electron chi connectivity index (χ0n) is 17.0. The van der Waals surface area contributed by atoms with Crippen molar-refractivity contribution in [1.82, 2.24) is 4.90 Å². The molecule has 2 amide bonds. The van der Waals surface area contributed by atoms with Crippen LogP contribution < -0.4 is 5.73 Å². The minimum absolute atomic E-state index is 0.00120. The van der Waals surface area contributed by atoms with Crippen molar-refractivity contribution in [2.75, 3.05) is 13.1 Å². The second kappa shape index (κ2) is 13.7. The van der Waals surface area contributed by atoms with Crippen molar-refractivity contribution in [3.63, 3.8) is 0 Å². The Morgan fingerprint density at radius 3 is 2.41 bits per heavy atom. The van der Waals surface area contributed by atoms with Gasteiger partial charge in [-0.3, -0.25) is 19.3 Å². The van der Waals surface area contributed by atoms with E-state index in [9.17, 15) is 14.4 Å². The zero-order chi connectivity index (χ0) is 20.1. The summed E-state index contributed by atoms with van der Waals surface area (Å²) in [6.45, 7) is 3.32. The smallest absolute Gasteiger partial charge is 0.303 e. The minimum Gasteiger partial charge on any atom is -0.481 e. The fourth-order valence-corrected chi connectivity index (χ4v) is 3.95. The van der Waals surface area contributed by atoms with Gasteiger partial charge in [0.25, 0.3) is 0 Å². The molecule has 27 heavy (non-hydrogen) atoms. The number of nitrogens with two attached hydrogens (primary N) is 1. The van der Waals surface area contributed by atoms with Gasteiger partial charge in [0.2, 0.25) is 11.8 Å².